The van der Waals surface area contributed by atoms with Crippen LogP contribution in [-0.2, 0) is 6.18 Å². The van der Waals surface area contributed by atoms with Crippen molar-refractivity contribution in [2.24, 2.45) is 0 Å². The highest BCUT2D eigenvalue weighted by atomic mass is 19.4. The van der Waals surface area contributed by atoms with E-state index in [0.29, 0.717) is 6.21 Å². The number of nitrogens with one attached hydrogen (secondary N) is 1. The van der Waals surface area contributed by atoms with Gasteiger partial charge in [-0.2, -0.15) is 13.2 Å². The van der Waals surface area contributed by atoms with Crippen molar-refractivity contribution in [3.8, 4) is 0 Å². The average Bonchev–Trinajstić information content (AvgIpc) is 2.15. The minimum Gasteiger partial charge on any atom is -0.305 e. The van der Waals surface area contributed by atoms with Gasteiger partial charge in [0.25, 0.3) is 0 Å². The lowest BCUT2D eigenvalue weighted by molar-refractivity contribution is -0.137. The summed E-state index contributed by atoms with van der Waals surface area (Å²) in [7, 11) is 0. The van der Waals surface area contributed by atoms with Crippen LogP contribution in [0.2, 0.25) is 0 Å². The molecule has 1 rings (SSSR count). The van der Waals surface area contributed by atoms with E-state index in [4.69, 9.17) is 5.41 Å². The van der Waals surface area contributed by atoms with Gasteiger partial charge >= 0.3 is 6.18 Å². The van der Waals surface area contributed by atoms with Gasteiger partial charge in [0.05, 0.1) is 11.8 Å². The Balaban J connectivity index is 3.14. The Morgan fingerprint density at radius 3 is 2.50 bits per heavy atom. The van der Waals surface area contributed by atoms with Gasteiger partial charge < -0.3 is 5.41 Å². The van der Waals surface area contributed by atoms with Crippen molar-refractivity contribution in [1.29, 1.82) is 5.41 Å². The fourth-order valence-electron chi connectivity index (χ4n) is 0.932. The van der Waals surface area contributed by atoms with Gasteiger partial charge in [-0.25, -0.2) is 0 Å². The van der Waals surface area contributed by atoms with Crippen molar-refractivity contribution in [2.75, 3.05) is 0 Å². The van der Waals surface area contributed by atoms with Gasteiger partial charge in [0, 0.05) is 5.56 Å². The number of Topliss-reactive ketones (excluding diaryl/α,β-unsaturated/α-hetero) is 1. The van der Waals surface area contributed by atoms with Crippen molar-refractivity contribution in [3.05, 3.63) is 35.4 Å². The predicted molar refractivity (Wildman–Crippen MR) is 44.6 cm³/mol. The van der Waals surface area contributed by atoms with Crippen LogP contribution in [-0.4, -0.2) is 12.0 Å². The number of rotatable bonds is 2. The molecule has 1 aromatic rings. The van der Waals surface area contributed by atoms with Crippen LogP contribution in [0, 0.1) is 5.41 Å². The van der Waals surface area contributed by atoms with Crippen molar-refractivity contribution in [3.63, 3.8) is 0 Å². The summed E-state index contributed by atoms with van der Waals surface area (Å²) in [5.74, 6) is -0.740. The lowest BCUT2D eigenvalue weighted by Gasteiger charge is -2.06. The molecule has 14 heavy (non-hydrogen) atoms. The largest absolute Gasteiger partial charge is 0.416 e. The number of hydrogen-bond donors (Lipinski definition) is 1. The zero-order chi connectivity index (χ0) is 10.8. The van der Waals surface area contributed by atoms with E-state index < -0.39 is 17.5 Å². The molecule has 0 saturated heterocycles. The molecule has 0 saturated carbocycles. The molecule has 0 aliphatic rings. The third-order valence-electron chi connectivity index (χ3n) is 1.61. The second kappa shape index (κ2) is 3.61. The van der Waals surface area contributed by atoms with Gasteiger partial charge in [0.2, 0.25) is 5.78 Å². The standard InChI is InChI=1S/C9H6F3NO/c10-9(11,12)7-3-1-2-6(4-7)8(14)5-13/h1-5,13H. The molecule has 0 fully saturated rings. The Morgan fingerprint density at radius 2 is 2.00 bits per heavy atom. The highest BCUT2D eigenvalue weighted by Crippen LogP contribution is 2.29. The van der Waals surface area contributed by atoms with E-state index in [-0.39, 0.29) is 5.56 Å². The molecule has 5 heteroatoms. The monoisotopic (exact) mass is 201 g/mol. The molecule has 0 amide bonds. The third-order valence-corrected chi connectivity index (χ3v) is 1.61. The Kier molecular flexibility index (Phi) is 2.69. The molecule has 1 N–H and O–H groups in total. The molecule has 0 unspecified atom stereocenters. The van der Waals surface area contributed by atoms with E-state index in [0.717, 1.165) is 18.2 Å². The summed E-state index contributed by atoms with van der Waals surface area (Å²) < 4.78 is 36.5. The lowest BCUT2D eigenvalue weighted by Crippen LogP contribution is -2.07. The first-order valence-electron chi connectivity index (χ1n) is 3.67. The smallest absolute Gasteiger partial charge is 0.305 e. The van der Waals surface area contributed by atoms with Gasteiger partial charge in [-0.05, 0) is 12.1 Å². The Morgan fingerprint density at radius 1 is 1.36 bits per heavy atom. The third kappa shape index (κ3) is 2.18. The number of hydrogen-bond acceptors (Lipinski definition) is 2. The molecular formula is C9H6F3NO. The van der Waals surface area contributed by atoms with Gasteiger partial charge in [0.15, 0.2) is 0 Å². The molecule has 2 nitrogen and oxygen atoms in total. The van der Waals surface area contributed by atoms with E-state index in [1.165, 1.54) is 6.07 Å². The molecule has 74 valence electrons. The van der Waals surface area contributed by atoms with Crippen LogP contribution >= 0.6 is 0 Å². The number of alkyl halides is 3. The second-order valence-electron chi connectivity index (χ2n) is 2.59. The van der Waals surface area contributed by atoms with E-state index >= 15 is 0 Å². The van der Waals surface area contributed by atoms with E-state index in [1.807, 2.05) is 0 Å². The fraction of sp³-hybridized carbons (Fsp3) is 0.111. The van der Waals surface area contributed by atoms with Crippen LogP contribution < -0.4 is 0 Å². The maximum absolute atomic E-state index is 12.2. The molecule has 0 heterocycles. The zero-order valence-corrected chi connectivity index (χ0v) is 6.93. The van der Waals surface area contributed by atoms with Gasteiger partial charge in [-0.3, -0.25) is 4.79 Å². The Bertz CT molecular complexity index is 371. The van der Waals surface area contributed by atoms with Crippen LogP contribution in [0.4, 0.5) is 13.2 Å². The lowest BCUT2D eigenvalue weighted by atomic mass is 10.1. The summed E-state index contributed by atoms with van der Waals surface area (Å²) in [6.07, 6.45) is -3.98. The molecule has 0 spiro atoms. The molecule has 0 aliphatic carbocycles. The number of carbonyl (C=O) groups is 1. The van der Waals surface area contributed by atoms with Crippen LogP contribution in [0.1, 0.15) is 15.9 Å². The summed E-state index contributed by atoms with van der Waals surface area (Å²) >= 11 is 0. The van der Waals surface area contributed by atoms with Gasteiger partial charge in [0.1, 0.15) is 0 Å². The molecular weight excluding hydrogens is 195 g/mol. The number of carbonyl (C=O) groups excluding carboxylic acids is 1. The highest BCUT2D eigenvalue weighted by Gasteiger charge is 2.30. The number of halogens is 3. The van der Waals surface area contributed by atoms with Crippen LogP contribution in [0.5, 0.6) is 0 Å². The molecule has 1 aromatic carbocycles. The van der Waals surface area contributed by atoms with E-state index in [2.05, 4.69) is 0 Å². The normalized spacial score (nSPS) is 11.1. The van der Waals surface area contributed by atoms with Crippen LogP contribution in [0.3, 0.4) is 0 Å². The maximum Gasteiger partial charge on any atom is 0.416 e. The maximum atomic E-state index is 12.2. The summed E-state index contributed by atoms with van der Waals surface area (Å²) in [6, 6.07) is 3.98. The SMILES string of the molecule is N=CC(=O)c1cccc(C(F)(F)F)c1. The van der Waals surface area contributed by atoms with Crippen molar-refractivity contribution in [2.45, 2.75) is 6.18 Å². The van der Waals surface area contributed by atoms with Crippen LogP contribution in [0.15, 0.2) is 24.3 Å². The van der Waals surface area contributed by atoms with E-state index in [1.54, 1.807) is 0 Å². The summed E-state index contributed by atoms with van der Waals surface area (Å²) in [4.78, 5) is 10.9. The molecule has 0 radical (unpaired) electrons. The molecule has 0 aromatic heterocycles. The van der Waals surface area contributed by atoms with Crippen molar-refractivity contribution < 1.29 is 18.0 Å². The predicted octanol–water partition coefficient (Wildman–Crippen LogP) is 2.54. The Hall–Kier alpha value is -1.65. The quantitative estimate of drug-likeness (QED) is 0.579. The fourth-order valence-corrected chi connectivity index (χ4v) is 0.932. The first kappa shape index (κ1) is 10.4. The van der Waals surface area contributed by atoms with Gasteiger partial charge in [-0.1, -0.05) is 12.1 Å². The molecule has 0 aliphatic heterocycles. The Labute approximate surface area is 77.9 Å². The number of benzene rings is 1. The average molecular weight is 201 g/mol. The highest BCUT2D eigenvalue weighted by molar-refractivity contribution is 6.34. The topological polar surface area (TPSA) is 40.9 Å². The molecule has 0 bridgehead atoms. The minimum absolute atomic E-state index is 0.130. The minimum atomic E-state index is -4.46. The second-order valence-corrected chi connectivity index (χ2v) is 2.59. The van der Waals surface area contributed by atoms with Crippen LogP contribution in [0.25, 0.3) is 0 Å². The summed E-state index contributed by atoms with van der Waals surface area (Å²) in [5, 5.41) is 6.62. The summed E-state index contributed by atoms with van der Waals surface area (Å²) in [5.41, 5.74) is -1.01. The number of ketones is 1. The molecule has 0 atom stereocenters. The van der Waals surface area contributed by atoms with Crippen molar-refractivity contribution >= 4 is 12.0 Å². The first-order chi connectivity index (χ1) is 6.45. The van der Waals surface area contributed by atoms with Crippen molar-refractivity contribution in [1.82, 2.24) is 0 Å². The first-order valence-corrected chi connectivity index (χ1v) is 3.67. The summed E-state index contributed by atoms with van der Waals surface area (Å²) in [6.45, 7) is 0. The van der Waals surface area contributed by atoms with Gasteiger partial charge in [-0.15, -0.1) is 0 Å². The zero-order valence-electron chi connectivity index (χ0n) is 6.93. The van der Waals surface area contributed by atoms with E-state index in [9.17, 15) is 18.0 Å².